The van der Waals surface area contributed by atoms with E-state index in [1.54, 1.807) is 0 Å². The van der Waals surface area contributed by atoms with E-state index in [0.717, 1.165) is 0 Å². The fourth-order valence-corrected chi connectivity index (χ4v) is 1.20. The highest BCUT2D eigenvalue weighted by Gasteiger charge is 2.39. The Morgan fingerprint density at radius 1 is 0.882 bits per heavy atom. The number of benzene rings is 1. The van der Waals surface area contributed by atoms with Gasteiger partial charge in [0, 0.05) is 0 Å². The zero-order chi connectivity index (χ0) is 13.4. The van der Waals surface area contributed by atoms with Crippen molar-refractivity contribution in [3.8, 4) is 0 Å². The molecule has 0 fully saturated rings. The minimum absolute atomic E-state index is 0.158. The van der Waals surface area contributed by atoms with Crippen molar-refractivity contribution >= 4 is 12.6 Å². The number of hydrogen-bond acceptors (Lipinski definition) is 2. The number of alkyl halides is 6. The maximum Gasteiger partial charge on any atom is 0.489 e. The van der Waals surface area contributed by atoms with Gasteiger partial charge in [-0.15, -0.1) is 0 Å². The molecule has 0 bridgehead atoms. The van der Waals surface area contributed by atoms with Gasteiger partial charge in [0.2, 0.25) is 0 Å². The van der Waals surface area contributed by atoms with Crippen LogP contribution in [0.25, 0.3) is 0 Å². The van der Waals surface area contributed by atoms with Crippen LogP contribution in [-0.4, -0.2) is 17.2 Å². The summed E-state index contributed by atoms with van der Waals surface area (Å²) in [6.07, 6.45) is -10.0. The second-order valence-corrected chi connectivity index (χ2v) is 3.17. The fourth-order valence-electron chi connectivity index (χ4n) is 1.20. The minimum atomic E-state index is -5.10. The van der Waals surface area contributed by atoms with Crippen LogP contribution in [0.5, 0.6) is 0 Å². The molecule has 0 atom stereocenters. The van der Waals surface area contributed by atoms with Crippen LogP contribution < -0.4 is 5.46 Å². The lowest BCUT2D eigenvalue weighted by atomic mass is 9.76. The molecule has 2 nitrogen and oxygen atoms in total. The largest absolute Gasteiger partial charge is 0.489 e. The van der Waals surface area contributed by atoms with Gasteiger partial charge in [0.15, 0.2) is 0 Å². The van der Waals surface area contributed by atoms with E-state index in [9.17, 15) is 26.3 Å². The predicted octanol–water partition coefficient (Wildman–Crippen LogP) is 1.40. The zero-order valence-corrected chi connectivity index (χ0v) is 7.97. The van der Waals surface area contributed by atoms with Crippen LogP contribution in [-0.2, 0) is 12.4 Å². The molecule has 0 saturated carbocycles. The van der Waals surface area contributed by atoms with Crippen molar-refractivity contribution in [2.75, 3.05) is 0 Å². The molecule has 0 radical (unpaired) electrons. The van der Waals surface area contributed by atoms with Crippen molar-refractivity contribution in [3.63, 3.8) is 0 Å². The van der Waals surface area contributed by atoms with Crippen molar-refractivity contribution in [2.24, 2.45) is 0 Å². The number of hydrogen-bond donors (Lipinski definition) is 2. The van der Waals surface area contributed by atoms with Crippen molar-refractivity contribution in [1.82, 2.24) is 0 Å². The monoisotopic (exact) mass is 258 g/mol. The van der Waals surface area contributed by atoms with Crippen molar-refractivity contribution in [2.45, 2.75) is 12.4 Å². The van der Waals surface area contributed by atoms with Crippen molar-refractivity contribution < 1.29 is 36.4 Å². The molecule has 0 aliphatic rings. The number of halogens is 6. The van der Waals surface area contributed by atoms with E-state index in [1.807, 2.05) is 0 Å². The molecule has 1 aromatic carbocycles. The van der Waals surface area contributed by atoms with E-state index in [1.165, 1.54) is 0 Å². The molecule has 2 N–H and O–H groups in total. The van der Waals surface area contributed by atoms with Gasteiger partial charge in [-0.25, -0.2) is 0 Å². The predicted molar refractivity (Wildman–Crippen MR) is 46.3 cm³/mol. The molecule has 0 amide bonds. The summed E-state index contributed by atoms with van der Waals surface area (Å²) in [6.45, 7) is 0. The van der Waals surface area contributed by atoms with E-state index < -0.39 is 36.1 Å². The number of rotatable bonds is 1. The highest BCUT2D eigenvalue weighted by molar-refractivity contribution is 6.59. The smallest absolute Gasteiger partial charge is 0.423 e. The summed E-state index contributed by atoms with van der Waals surface area (Å²) in [6, 6.07) is 0.578. The van der Waals surface area contributed by atoms with E-state index >= 15 is 0 Å². The SMILES string of the molecule is OB(O)c1ccc(C(F)(F)F)cc1C(F)(F)F. The summed E-state index contributed by atoms with van der Waals surface area (Å²) in [4.78, 5) is 0. The molecule has 1 aromatic rings. The van der Waals surface area contributed by atoms with E-state index in [0.29, 0.717) is 12.1 Å². The molecule has 0 spiro atoms. The molecule has 0 heterocycles. The van der Waals surface area contributed by atoms with E-state index in [-0.39, 0.29) is 6.07 Å². The third-order valence-corrected chi connectivity index (χ3v) is 1.96. The standard InChI is InChI=1S/C8H5BF6O2/c10-7(11,12)4-1-2-6(9(16)17)5(3-4)8(13,14)15/h1-3,16-17H. The Morgan fingerprint density at radius 3 is 1.76 bits per heavy atom. The Labute approximate surface area is 91.6 Å². The fraction of sp³-hybridized carbons (Fsp3) is 0.250. The van der Waals surface area contributed by atoms with Crippen LogP contribution in [0.4, 0.5) is 26.3 Å². The van der Waals surface area contributed by atoms with Gasteiger partial charge in [-0.1, -0.05) is 12.1 Å². The van der Waals surface area contributed by atoms with Gasteiger partial charge in [-0.05, 0) is 11.5 Å². The molecule has 0 saturated heterocycles. The van der Waals surface area contributed by atoms with Gasteiger partial charge in [-0.3, -0.25) is 0 Å². The Morgan fingerprint density at radius 2 is 1.41 bits per heavy atom. The molecular formula is C8H5BF6O2. The average molecular weight is 258 g/mol. The van der Waals surface area contributed by atoms with Gasteiger partial charge in [-0.2, -0.15) is 26.3 Å². The molecule has 17 heavy (non-hydrogen) atoms. The third-order valence-electron chi connectivity index (χ3n) is 1.96. The lowest BCUT2D eigenvalue weighted by molar-refractivity contribution is -0.142. The maximum absolute atomic E-state index is 12.4. The van der Waals surface area contributed by atoms with Crippen LogP contribution in [0.3, 0.4) is 0 Å². The first-order valence-corrected chi connectivity index (χ1v) is 4.18. The first-order chi connectivity index (χ1) is 7.53. The Kier molecular flexibility index (Phi) is 3.44. The van der Waals surface area contributed by atoms with Crippen LogP contribution in [0, 0.1) is 0 Å². The lowest BCUT2D eigenvalue weighted by Gasteiger charge is -2.15. The highest BCUT2D eigenvalue weighted by Crippen LogP contribution is 2.34. The quantitative estimate of drug-likeness (QED) is 0.590. The molecule has 0 unspecified atom stereocenters. The molecule has 94 valence electrons. The maximum atomic E-state index is 12.4. The first kappa shape index (κ1) is 13.8. The lowest BCUT2D eigenvalue weighted by Crippen LogP contribution is -2.36. The summed E-state index contributed by atoms with van der Waals surface area (Å²) in [7, 11) is -2.49. The second-order valence-electron chi connectivity index (χ2n) is 3.17. The summed E-state index contributed by atoms with van der Waals surface area (Å²) in [5, 5.41) is 17.3. The van der Waals surface area contributed by atoms with Crippen molar-refractivity contribution in [3.05, 3.63) is 29.3 Å². The van der Waals surface area contributed by atoms with E-state index in [2.05, 4.69) is 0 Å². The molecule has 9 heteroatoms. The highest BCUT2D eigenvalue weighted by atomic mass is 19.4. The Bertz CT molecular complexity index is 411. The second kappa shape index (κ2) is 4.23. The topological polar surface area (TPSA) is 40.5 Å². The molecule has 0 aromatic heterocycles. The van der Waals surface area contributed by atoms with Crippen LogP contribution in [0.1, 0.15) is 11.1 Å². The van der Waals surface area contributed by atoms with Crippen LogP contribution >= 0.6 is 0 Å². The van der Waals surface area contributed by atoms with Gasteiger partial charge < -0.3 is 10.0 Å². The zero-order valence-electron chi connectivity index (χ0n) is 7.97. The third kappa shape index (κ3) is 3.13. The molecular weight excluding hydrogens is 253 g/mol. The van der Waals surface area contributed by atoms with E-state index in [4.69, 9.17) is 10.0 Å². The summed E-state index contributed by atoms with van der Waals surface area (Å²) in [5.41, 5.74) is -4.25. The summed E-state index contributed by atoms with van der Waals surface area (Å²) < 4.78 is 73.8. The minimum Gasteiger partial charge on any atom is -0.423 e. The van der Waals surface area contributed by atoms with Gasteiger partial charge in [0.05, 0.1) is 11.1 Å². The van der Waals surface area contributed by atoms with Crippen LogP contribution in [0.15, 0.2) is 18.2 Å². The van der Waals surface area contributed by atoms with Crippen molar-refractivity contribution in [1.29, 1.82) is 0 Å². The summed E-state index contributed by atoms with van der Waals surface area (Å²) in [5.74, 6) is 0. The van der Waals surface area contributed by atoms with Gasteiger partial charge in [0.1, 0.15) is 0 Å². The summed E-state index contributed by atoms with van der Waals surface area (Å²) >= 11 is 0. The molecule has 1 rings (SSSR count). The first-order valence-electron chi connectivity index (χ1n) is 4.18. The van der Waals surface area contributed by atoms with Gasteiger partial charge in [0.25, 0.3) is 0 Å². The Balaban J connectivity index is 3.41. The van der Waals surface area contributed by atoms with Gasteiger partial charge >= 0.3 is 19.5 Å². The molecule has 0 aliphatic heterocycles. The average Bonchev–Trinajstić information content (AvgIpc) is 2.14. The Hall–Kier alpha value is -1.22. The normalized spacial score (nSPS) is 12.7. The molecule has 0 aliphatic carbocycles. The van der Waals surface area contributed by atoms with Crippen LogP contribution in [0.2, 0.25) is 0 Å².